The molecule has 1 N–H and O–H groups in total. The number of fused-ring (bicyclic) bond motifs is 1. The minimum Gasteiger partial charge on any atom is -0.493 e. The molecule has 0 unspecified atom stereocenters. The largest absolute Gasteiger partial charge is 0.493 e. The first-order valence-electron chi connectivity index (χ1n) is 12.0. The van der Waals surface area contributed by atoms with Crippen LogP contribution >= 0.6 is 15.9 Å². The van der Waals surface area contributed by atoms with Gasteiger partial charge in [0.25, 0.3) is 5.91 Å². The van der Waals surface area contributed by atoms with E-state index in [1.54, 1.807) is 30.3 Å². The van der Waals surface area contributed by atoms with E-state index >= 15 is 0 Å². The summed E-state index contributed by atoms with van der Waals surface area (Å²) in [4.78, 5) is 17.9. The predicted molar refractivity (Wildman–Crippen MR) is 154 cm³/mol. The Labute approximate surface area is 233 Å². The molecule has 0 saturated heterocycles. The fourth-order valence-corrected chi connectivity index (χ4v) is 4.61. The minimum atomic E-state index is -0.354. The minimum absolute atomic E-state index is 0.240. The van der Waals surface area contributed by atoms with Crippen molar-refractivity contribution in [2.24, 2.45) is 5.10 Å². The van der Waals surface area contributed by atoms with Gasteiger partial charge in [-0.2, -0.15) is 5.10 Å². The van der Waals surface area contributed by atoms with Gasteiger partial charge < -0.3 is 9.47 Å². The lowest BCUT2D eigenvalue weighted by molar-refractivity contribution is 0.0956. The molecule has 6 nitrogen and oxygen atoms in total. The Morgan fingerprint density at radius 1 is 1.00 bits per heavy atom. The number of methoxy groups -OCH3 is 1. The summed E-state index contributed by atoms with van der Waals surface area (Å²) in [7, 11) is 1.54. The maximum Gasteiger partial charge on any atom is 0.272 e. The van der Waals surface area contributed by atoms with Crippen LogP contribution in [0.3, 0.4) is 0 Å². The summed E-state index contributed by atoms with van der Waals surface area (Å²) in [6.07, 6.45) is 1.52. The van der Waals surface area contributed by atoms with Gasteiger partial charge in [0.05, 0.1) is 34.6 Å². The number of hydrazone groups is 1. The number of benzene rings is 4. The van der Waals surface area contributed by atoms with Crippen LogP contribution in [-0.4, -0.2) is 24.2 Å². The monoisotopic (exact) mass is 583 g/mol. The van der Waals surface area contributed by atoms with E-state index in [4.69, 9.17) is 14.5 Å². The Kier molecular flexibility index (Phi) is 7.94. The van der Waals surface area contributed by atoms with Crippen molar-refractivity contribution < 1.29 is 18.7 Å². The zero-order valence-electron chi connectivity index (χ0n) is 20.9. The molecule has 5 rings (SSSR count). The van der Waals surface area contributed by atoms with Gasteiger partial charge in [-0.15, -0.1) is 0 Å². The van der Waals surface area contributed by atoms with Gasteiger partial charge in [0.1, 0.15) is 12.4 Å². The molecule has 0 saturated carbocycles. The first-order valence-corrected chi connectivity index (χ1v) is 12.8. The van der Waals surface area contributed by atoms with Crippen LogP contribution in [0.4, 0.5) is 4.39 Å². The number of hydrogen-bond acceptors (Lipinski definition) is 5. The molecule has 0 spiro atoms. The Morgan fingerprint density at radius 2 is 1.74 bits per heavy atom. The van der Waals surface area contributed by atoms with Crippen LogP contribution in [0.1, 0.15) is 21.5 Å². The Balaban J connectivity index is 1.34. The van der Waals surface area contributed by atoms with E-state index in [1.807, 2.05) is 54.6 Å². The molecule has 4 aromatic carbocycles. The summed E-state index contributed by atoms with van der Waals surface area (Å²) in [5.74, 6) is 0.320. The Bertz CT molecular complexity index is 1660. The SMILES string of the molecule is COc1cc(/C=N/NC(=O)c2cc(-c3ccccc3)nc3ccccc23)cc(Br)c1OCc1ccc(F)cc1. The molecule has 1 aromatic heterocycles. The van der Waals surface area contributed by atoms with Crippen LogP contribution in [0.2, 0.25) is 0 Å². The number of amides is 1. The highest BCUT2D eigenvalue weighted by molar-refractivity contribution is 9.10. The molecule has 39 heavy (non-hydrogen) atoms. The van der Waals surface area contributed by atoms with E-state index in [1.165, 1.54) is 25.5 Å². The number of nitrogens with zero attached hydrogens (tertiary/aromatic N) is 2. The highest BCUT2D eigenvalue weighted by Gasteiger charge is 2.14. The van der Waals surface area contributed by atoms with E-state index < -0.39 is 0 Å². The molecule has 0 aliphatic heterocycles. The van der Waals surface area contributed by atoms with E-state index in [9.17, 15) is 9.18 Å². The van der Waals surface area contributed by atoms with Crippen molar-refractivity contribution in [2.45, 2.75) is 6.61 Å². The van der Waals surface area contributed by atoms with E-state index in [0.717, 1.165) is 22.0 Å². The number of nitrogens with one attached hydrogen (secondary N) is 1. The van der Waals surface area contributed by atoms with Crippen molar-refractivity contribution >= 4 is 39.0 Å². The van der Waals surface area contributed by atoms with Gasteiger partial charge in [0, 0.05) is 10.9 Å². The normalized spacial score (nSPS) is 11.1. The molecular formula is C31H23BrFN3O3. The molecule has 194 valence electrons. The zero-order chi connectivity index (χ0) is 27.2. The lowest BCUT2D eigenvalue weighted by Crippen LogP contribution is -2.18. The number of hydrogen-bond donors (Lipinski definition) is 1. The summed E-state index contributed by atoms with van der Waals surface area (Å²) in [6.45, 7) is 0.240. The number of pyridine rings is 1. The van der Waals surface area contributed by atoms with Crippen LogP contribution in [-0.2, 0) is 6.61 Å². The van der Waals surface area contributed by atoms with Gasteiger partial charge in [0.15, 0.2) is 11.5 Å². The first-order chi connectivity index (χ1) is 19.0. The highest BCUT2D eigenvalue weighted by Crippen LogP contribution is 2.37. The predicted octanol–water partition coefficient (Wildman–Crippen LogP) is 7.15. The lowest BCUT2D eigenvalue weighted by Gasteiger charge is -2.13. The second kappa shape index (κ2) is 11.9. The lowest BCUT2D eigenvalue weighted by atomic mass is 10.0. The summed E-state index contributed by atoms with van der Waals surface area (Å²) in [5.41, 5.74) is 6.93. The molecule has 0 atom stereocenters. The molecule has 1 amide bonds. The number of aromatic nitrogens is 1. The summed E-state index contributed by atoms with van der Waals surface area (Å²) in [6, 6.07) is 28.6. The van der Waals surface area contributed by atoms with Crippen LogP contribution in [0, 0.1) is 5.82 Å². The highest BCUT2D eigenvalue weighted by atomic mass is 79.9. The topological polar surface area (TPSA) is 72.8 Å². The number of carbonyl (C=O) groups is 1. The van der Waals surface area contributed by atoms with Gasteiger partial charge in [-0.3, -0.25) is 4.79 Å². The van der Waals surface area contributed by atoms with E-state index in [2.05, 4.69) is 26.5 Å². The number of ether oxygens (including phenoxy) is 2. The van der Waals surface area contributed by atoms with E-state index in [-0.39, 0.29) is 18.3 Å². The number of carbonyl (C=O) groups excluding carboxylic acids is 1. The van der Waals surface area contributed by atoms with Gasteiger partial charge in [-0.1, -0.05) is 60.7 Å². The first kappa shape index (κ1) is 26.1. The molecule has 0 aliphatic carbocycles. The molecule has 0 aliphatic rings. The molecule has 5 aromatic rings. The van der Waals surface area contributed by atoms with Crippen molar-refractivity contribution in [3.63, 3.8) is 0 Å². The molecular weight excluding hydrogens is 561 g/mol. The van der Waals surface area contributed by atoms with Crippen molar-refractivity contribution in [3.05, 3.63) is 124 Å². The fraction of sp³-hybridized carbons (Fsp3) is 0.0645. The summed E-state index contributed by atoms with van der Waals surface area (Å²) < 4.78 is 25.2. The van der Waals surface area contributed by atoms with Crippen molar-refractivity contribution in [2.75, 3.05) is 7.11 Å². The Morgan fingerprint density at radius 3 is 2.51 bits per heavy atom. The smallest absolute Gasteiger partial charge is 0.272 e. The Hall–Kier alpha value is -4.56. The second-order valence-electron chi connectivity index (χ2n) is 8.59. The maximum atomic E-state index is 13.2. The summed E-state index contributed by atoms with van der Waals surface area (Å²) in [5, 5.41) is 4.91. The van der Waals surface area contributed by atoms with Gasteiger partial charge in [0.2, 0.25) is 0 Å². The van der Waals surface area contributed by atoms with E-state index in [0.29, 0.717) is 32.8 Å². The number of halogens is 2. The van der Waals surface area contributed by atoms with Gasteiger partial charge >= 0.3 is 0 Å². The zero-order valence-corrected chi connectivity index (χ0v) is 22.5. The number of rotatable bonds is 8. The molecule has 0 bridgehead atoms. The standard InChI is InChI=1S/C31H23BrFN3O3/c1-38-29-16-21(15-26(32)30(29)39-19-20-11-13-23(33)14-12-20)18-34-36-31(37)25-17-28(22-7-3-2-4-8-22)35-27-10-6-5-9-24(25)27/h2-18H,19H2,1H3,(H,36,37)/b34-18+. The van der Waals surface area contributed by atoms with Crippen molar-refractivity contribution in [1.29, 1.82) is 0 Å². The molecule has 8 heteroatoms. The third-order valence-electron chi connectivity index (χ3n) is 5.96. The van der Waals surface area contributed by atoms with Crippen molar-refractivity contribution in [1.82, 2.24) is 10.4 Å². The van der Waals surface area contributed by atoms with Crippen LogP contribution in [0.15, 0.2) is 107 Å². The van der Waals surface area contributed by atoms with Gasteiger partial charge in [-0.05, 0) is 63.5 Å². The second-order valence-corrected chi connectivity index (χ2v) is 9.44. The average Bonchev–Trinajstić information content (AvgIpc) is 2.97. The third kappa shape index (κ3) is 6.13. The third-order valence-corrected chi connectivity index (χ3v) is 6.55. The molecule has 1 heterocycles. The van der Waals surface area contributed by atoms with Crippen molar-refractivity contribution in [3.8, 4) is 22.8 Å². The van der Waals surface area contributed by atoms with Crippen LogP contribution < -0.4 is 14.9 Å². The van der Waals surface area contributed by atoms with Crippen LogP contribution in [0.25, 0.3) is 22.2 Å². The average molecular weight is 584 g/mol. The van der Waals surface area contributed by atoms with Crippen LogP contribution in [0.5, 0.6) is 11.5 Å². The fourth-order valence-electron chi connectivity index (χ4n) is 4.04. The quantitative estimate of drug-likeness (QED) is 0.155. The van der Waals surface area contributed by atoms with Gasteiger partial charge in [-0.25, -0.2) is 14.8 Å². The number of para-hydroxylation sites is 1. The maximum absolute atomic E-state index is 13.2. The molecule has 0 fully saturated rings. The molecule has 0 radical (unpaired) electrons. The summed E-state index contributed by atoms with van der Waals surface area (Å²) >= 11 is 3.52.